The summed E-state index contributed by atoms with van der Waals surface area (Å²) in [5, 5.41) is 0. The van der Waals surface area contributed by atoms with Crippen molar-refractivity contribution in [3.8, 4) is 0 Å². The highest BCUT2D eigenvalue weighted by atomic mass is 79.9. The van der Waals surface area contributed by atoms with Gasteiger partial charge in [-0.25, -0.2) is 17.9 Å². The third-order valence-corrected chi connectivity index (χ3v) is 6.17. The van der Waals surface area contributed by atoms with Gasteiger partial charge in [-0.1, -0.05) is 24.3 Å². The lowest BCUT2D eigenvalue weighted by molar-refractivity contribution is 0.0526. The molecule has 0 unspecified atom stereocenters. The molecular formula is C19H23BrN2O4S. The fourth-order valence-corrected chi connectivity index (χ4v) is 4.62. The largest absolute Gasteiger partial charge is 0.462 e. The second-order valence-electron chi connectivity index (χ2n) is 6.20. The normalized spacial score (nSPS) is 11.6. The summed E-state index contributed by atoms with van der Waals surface area (Å²) in [4.78, 5) is 13.9. The number of carbonyl (C=O) groups is 1. The molecule has 0 heterocycles. The summed E-state index contributed by atoms with van der Waals surface area (Å²) in [5.41, 5.74) is 2.26. The van der Waals surface area contributed by atoms with Gasteiger partial charge in [-0.3, -0.25) is 0 Å². The molecule has 0 spiro atoms. The zero-order chi connectivity index (χ0) is 20.0. The van der Waals surface area contributed by atoms with E-state index in [1.165, 1.54) is 18.2 Å². The third-order valence-electron chi connectivity index (χ3n) is 3.79. The van der Waals surface area contributed by atoms with Gasteiger partial charge in [0, 0.05) is 17.6 Å². The summed E-state index contributed by atoms with van der Waals surface area (Å²) in [5.74, 6) is -0.493. The summed E-state index contributed by atoms with van der Waals surface area (Å²) < 4.78 is 33.3. The molecule has 0 aromatic heterocycles. The Balaban J connectivity index is 2.19. The van der Waals surface area contributed by atoms with Crippen molar-refractivity contribution >= 4 is 31.9 Å². The second-order valence-corrected chi connectivity index (χ2v) is 8.79. The first-order chi connectivity index (χ1) is 12.7. The van der Waals surface area contributed by atoms with E-state index in [0.717, 1.165) is 17.7 Å². The van der Waals surface area contributed by atoms with E-state index in [0.29, 0.717) is 10.0 Å². The van der Waals surface area contributed by atoms with Crippen molar-refractivity contribution in [3.63, 3.8) is 0 Å². The molecule has 0 saturated carbocycles. The first kappa shape index (κ1) is 21.6. The molecule has 2 rings (SSSR count). The number of hydrogen-bond donors (Lipinski definition) is 1. The summed E-state index contributed by atoms with van der Waals surface area (Å²) in [6, 6.07) is 12.0. The maximum absolute atomic E-state index is 12.7. The molecule has 0 fully saturated rings. The number of esters is 1. The zero-order valence-corrected chi connectivity index (χ0v) is 17.9. The van der Waals surface area contributed by atoms with Crippen LogP contribution in [0.2, 0.25) is 0 Å². The molecule has 1 N–H and O–H groups in total. The number of nitrogens with one attached hydrogen (secondary N) is 1. The number of sulfonamides is 1. The van der Waals surface area contributed by atoms with E-state index in [9.17, 15) is 13.2 Å². The molecule has 2 aromatic carbocycles. The summed E-state index contributed by atoms with van der Waals surface area (Å²) in [6.45, 7) is 2.86. The van der Waals surface area contributed by atoms with Crippen LogP contribution in [0.25, 0.3) is 0 Å². The van der Waals surface area contributed by atoms with Crippen molar-refractivity contribution in [2.24, 2.45) is 0 Å². The minimum Gasteiger partial charge on any atom is -0.462 e. The van der Waals surface area contributed by atoms with E-state index in [-0.39, 0.29) is 18.0 Å². The molecule has 0 saturated heterocycles. The minimum absolute atomic E-state index is 0.0700. The number of halogens is 1. The van der Waals surface area contributed by atoms with Crippen LogP contribution < -0.4 is 4.72 Å². The van der Waals surface area contributed by atoms with E-state index >= 15 is 0 Å². The van der Waals surface area contributed by atoms with Crippen LogP contribution in [0.15, 0.2) is 51.8 Å². The van der Waals surface area contributed by atoms with Gasteiger partial charge in [-0.2, -0.15) is 0 Å². The quantitative estimate of drug-likeness (QED) is 0.619. The molecule has 0 bridgehead atoms. The van der Waals surface area contributed by atoms with Gasteiger partial charge in [0.15, 0.2) is 0 Å². The minimum atomic E-state index is -3.75. The van der Waals surface area contributed by atoms with Gasteiger partial charge in [0.1, 0.15) is 0 Å². The molecule has 0 aliphatic heterocycles. The SMILES string of the molecule is CCOC(=O)c1ccc(S(=O)(=O)NCc2ccccc2CN(C)C)c(Br)c1. The molecule has 0 aliphatic carbocycles. The maximum atomic E-state index is 12.7. The van der Waals surface area contributed by atoms with E-state index in [2.05, 4.69) is 20.7 Å². The Hall–Kier alpha value is -1.74. The van der Waals surface area contributed by atoms with E-state index in [1.54, 1.807) is 6.92 Å². The lowest BCUT2D eigenvalue weighted by Gasteiger charge is -2.15. The molecule has 0 atom stereocenters. The fourth-order valence-electron chi connectivity index (χ4n) is 2.54. The van der Waals surface area contributed by atoms with Crippen LogP contribution in [0.4, 0.5) is 0 Å². The van der Waals surface area contributed by atoms with Crippen molar-refractivity contribution < 1.29 is 17.9 Å². The van der Waals surface area contributed by atoms with Crippen LogP contribution in [-0.2, 0) is 27.8 Å². The molecule has 0 amide bonds. The van der Waals surface area contributed by atoms with Crippen LogP contribution in [0.3, 0.4) is 0 Å². The number of rotatable bonds is 8. The average molecular weight is 455 g/mol. The van der Waals surface area contributed by atoms with Gasteiger partial charge < -0.3 is 9.64 Å². The van der Waals surface area contributed by atoms with Crippen LogP contribution in [-0.4, -0.2) is 40.0 Å². The number of benzene rings is 2. The molecule has 146 valence electrons. The van der Waals surface area contributed by atoms with Crippen LogP contribution in [0.1, 0.15) is 28.4 Å². The molecule has 6 nitrogen and oxygen atoms in total. The van der Waals surface area contributed by atoms with Crippen molar-refractivity contribution in [1.29, 1.82) is 0 Å². The Morgan fingerprint density at radius 1 is 1.15 bits per heavy atom. The second kappa shape index (κ2) is 9.45. The number of nitrogens with zero attached hydrogens (tertiary/aromatic N) is 1. The van der Waals surface area contributed by atoms with Gasteiger partial charge in [-0.05, 0) is 66.3 Å². The van der Waals surface area contributed by atoms with Crippen molar-refractivity contribution in [3.05, 3.63) is 63.6 Å². The van der Waals surface area contributed by atoms with Gasteiger partial charge in [-0.15, -0.1) is 0 Å². The highest BCUT2D eigenvalue weighted by molar-refractivity contribution is 9.10. The van der Waals surface area contributed by atoms with Crippen molar-refractivity contribution in [2.75, 3.05) is 20.7 Å². The summed E-state index contributed by atoms with van der Waals surface area (Å²) in [7, 11) is 0.171. The Labute approximate surface area is 168 Å². The summed E-state index contributed by atoms with van der Waals surface area (Å²) >= 11 is 3.24. The lowest BCUT2D eigenvalue weighted by atomic mass is 10.1. The van der Waals surface area contributed by atoms with Crippen LogP contribution in [0, 0.1) is 0 Å². The average Bonchev–Trinajstić information content (AvgIpc) is 2.60. The highest BCUT2D eigenvalue weighted by Crippen LogP contribution is 2.24. The van der Waals surface area contributed by atoms with Crippen molar-refractivity contribution in [1.82, 2.24) is 9.62 Å². The van der Waals surface area contributed by atoms with Crippen molar-refractivity contribution in [2.45, 2.75) is 24.9 Å². The molecule has 0 aliphatic rings. The number of ether oxygens (including phenoxy) is 1. The van der Waals surface area contributed by atoms with Crippen LogP contribution >= 0.6 is 15.9 Å². The Morgan fingerprint density at radius 2 is 1.81 bits per heavy atom. The third kappa shape index (κ3) is 5.87. The standard InChI is InChI=1S/C19H23BrN2O4S/c1-4-26-19(23)14-9-10-18(17(20)11-14)27(24,25)21-12-15-7-5-6-8-16(15)13-22(2)3/h5-11,21H,4,12-13H2,1-3H3. The Bertz CT molecular complexity index is 914. The number of carbonyl (C=O) groups excluding carboxylic acids is 1. The monoisotopic (exact) mass is 454 g/mol. The maximum Gasteiger partial charge on any atom is 0.338 e. The van der Waals surface area contributed by atoms with E-state index < -0.39 is 16.0 Å². The van der Waals surface area contributed by atoms with Gasteiger partial charge >= 0.3 is 5.97 Å². The van der Waals surface area contributed by atoms with E-state index in [1.807, 2.05) is 43.3 Å². The first-order valence-electron chi connectivity index (χ1n) is 8.42. The first-order valence-corrected chi connectivity index (χ1v) is 10.7. The molecule has 27 heavy (non-hydrogen) atoms. The molecule has 0 radical (unpaired) electrons. The lowest BCUT2D eigenvalue weighted by Crippen LogP contribution is -2.25. The van der Waals surface area contributed by atoms with Gasteiger partial charge in [0.2, 0.25) is 10.0 Å². The number of hydrogen-bond acceptors (Lipinski definition) is 5. The predicted molar refractivity (Wildman–Crippen MR) is 108 cm³/mol. The Morgan fingerprint density at radius 3 is 2.41 bits per heavy atom. The fraction of sp³-hybridized carbons (Fsp3) is 0.316. The molecular weight excluding hydrogens is 432 g/mol. The Kier molecular flexibility index (Phi) is 7.55. The zero-order valence-electron chi connectivity index (χ0n) is 15.5. The molecule has 8 heteroatoms. The van der Waals surface area contributed by atoms with Gasteiger partial charge in [0.05, 0.1) is 17.1 Å². The van der Waals surface area contributed by atoms with Crippen LogP contribution in [0.5, 0.6) is 0 Å². The molecule has 2 aromatic rings. The van der Waals surface area contributed by atoms with Gasteiger partial charge in [0.25, 0.3) is 0 Å². The topological polar surface area (TPSA) is 75.7 Å². The highest BCUT2D eigenvalue weighted by Gasteiger charge is 2.20. The summed E-state index contributed by atoms with van der Waals surface area (Å²) in [6.07, 6.45) is 0. The van der Waals surface area contributed by atoms with E-state index in [4.69, 9.17) is 4.74 Å². The smallest absolute Gasteiger partial charge is 0.338 e. The predicted octanol–water partition coefficient (Wildman–Crippen LogP) is 3.17.